The molecule has 1 aliphatic heterocycles. The van der Waals surface area contributed by atoms with E-state index in [9.17, 15) is 4.79 Å². The number of hydrogen-bond acceptors (Lipinski definition) is 4. The van der Waals surface area contributed by atoms with Gasteiger partial charge in [0, 0.05) is 43.5 Å². The molecule has 0 aliphatic carbocycles. The lowest BCUT2D eigenvalue weighted by Crippen LogP contribution is -2.40. The maximum atomic E-state index is 12.8. The van der Waals surface area contributed by atoms with Crippen molar-refractivity contribution < 1.29 is 4.79 Å². The highest BCUT2D eigenvalue weighted by Crippen LogP contribution is 2.29. The molecule has 2 aromatic carbocycles. The van der Waals surface area contributed by atoms with Crippen molar-refractivity contribution in [2.75, 3.05) is 18.0 Å². The summed E-state index contributed by atoms with van der Waals surface area (Å²) in [4.78, 5) is 19.8. The number of nitrogens with zero attached hydrogens (tertiary/aromatic N) is 4. The Hall–Kier alpha value is -3.67. The maximum absolute atomic E-state index is 12.8. The SMILES string of the molecule is Cc1ccc(-c2cc3c(N4CCC(C(=O)NCc5ccccc5C)CC4)nccn3n2)cc1C. The zero-order valence-electron chi connectivity index (χ0n) is 20.1. The van der Waals surface area contributed by atoms with Crippen molar-refractivity contribution in [3.63, 3.8) is 0 Å². The molecular weight excluding hydrogens is 422 g/mol. The number of amides is 1. The van der Waals surface area contributed by atoms with Gasteiger partial charge in [0.1, 0.15) is 5.52 Å². The number of anilines is 1. The Kier molecular flexibility index (Phi) is 6.05. The van der Waals surface area contributed by atoms with E-state index in [2.05, 4.69) is 72.4 Å². The van der Waals surface area contributed by atoms with Crippen LogP contribution in [0.25, 0.3) is 16.8 Å². The minimum Gasteiger partial charge on any atom is -0.355 e. The van der Waals surface area contributed by atoms with Crippen molar-refractivity contribution in [3.05, 3.63) is 83.2 Å². The minimum atomic E-state index is 0.0380. The number of nitrogens with one attached hydrogen (secondary N) is 1. The van der Waals surface area contributed by atoms with Crippen molar-refractivity contribution >= 4 is 17.2 Å². The highest BCUT2D eigenvalue weighted by Gasteiger charge is 2.26. The first-order valence-corrected chi connectivity index (χ1v) is 12.0. The molecule has 34 heavy (non-hydrogen) atoms. The van der Waals surface area contributed by atoms with Gasteiger partial charge in [-0.2, -0.15) is 5.10 Å². The monoisotopic (exact) mass is 453 g/mol. The topological polar surface area (TPSA) is 62.5 Å². The average Bonchev–Trinajstić information content (AvgIpc) is 3.30. The van der Waals surface area contributed by atoms with Crippen LogP contribution in [0, 0.1) is 26.7 Å². The first-order valence-electron chi connectivity index (χ1n) is 12.0. The van der Waals surface area contributed by atoms with Crippen LogP contribution < -0.4 is 10.2 Å². The third-order valence-corrected chi connectivity index (χ3v) is 7.05. The van der Waals surface area contributed by atoms with Crippen molar-refractivity contribution in [2.24, 2.45) is 5.92 Å². The van der Waals surface area contributed by atoms with Crippen LogP contribution in [-0.4, -0.2) is 33.6 Å². The standard InChI is InChI=1S/C28H31N5O/c1-19-8-9-23(16-21(19)3)25-17-26-27(29-12-15-33(26)31-25)32-13-10-22(11-14-32)28(34)30-18-24-7-5-4-6-20(24)2/h4-9,12,15-17,22H,10-11,13-14,18H2,1-3H3,(H,30,34). The van der Waals surface area contributed by atoms with Crippen molar-refractivity contribution in [3.8, 4) is 11.3 Å². The summed E-state index contributed by atoms with van der Waals surface area (Å²) in [5.74, 6) is 1.12. The van der Waals surface area contributed by atoms with Crippen LogP contribution in [-0.2, 0) is 11.3 Å². The van der Waals surface area contributed by atoms with E-state index in [1.807, 2.05) is 22.8 Å². The second-order valence-electron chi connectivity index (χ2n) is 9.31. The Morgan fingerprint density at radius 2 is 1.79 bits per heavy atom. The molecule has 6 heteroatoms. The molecule has 2 aromatic heterocycles. The molecule has 0 spiro atoms. The molecule has 3 heterocycles. The first kappa shape index (κ1) is 22.1. The molecule has 1 fully saturated rings. The smallest absolute Gasteiger partial charge is 0.223 e. The van der Waals surface area contributed by atoms with E-state index in [1.165, 1.54) is 22.3 Å². The van der Waals surface area contributed by atoms with E-state index >= 15 is 0 Å². The van der Waals surface area contributed by atoms with Crippen LogP contribution in [0.5, 0.6) is 0 Å². The summed E-state index contributed by atoms with van der Waals surface area (Å²) < 4.78 is 1.91. The number of fused-ring (bicyclic) bond motifs is 1. The number of carbonyl (C=O) groups excluding carboxylic acids is 1. The molecule has 5 rings (SSSR count). The lowest BCUT2D eigenvalue weighted by molar-refractivity contribution is -0.125. The Morgan fingerprint density at radius 1 is 1.00 bits per heavy atom. The van der Waals surface area contributed by atoms with Gasteiger partial charge in [-0.3, -0.25) is 4.79 Å². The third-order valence-electron chi connectivity index (χ3n) is 7.05. The molecule has 1 saturated heterocycles. The van der Waals surface area contributed by atoms with E-state index in [4.69, 9.17) is 5.10 Å². The maximum Gasteiger partial charge on any atom is 0.223 e. The fourth-order valence-electron chi connectivity index (χ4n) is 4.68. The van der Waals surface area contributed by atoms with Gasteiger partial charge in [-0.05, 0) is 68.0 Å². The molecule has 0 atom stereocenters. The van der Waals surface area contributed by atoms with Gasteiger partial charge < -0.3 is 10.2 Å². The van der Waals surface area contributed by atoms with Crippen molar-refractivity contribution in [1.82, 2.24) is 19.9 Å². The fraction of sp³-hybridized carbons (Fsp3) is 0.321. The Morgan fingerprint density at radius 3 is 2.56 bits per heavy atom. The normalized spacial score (nSPS) is 14.5. The highest BCUT2D eigenvalue weighted by molar-refractivity contribution is 5.80. The van der Waals surface area contributed by atoms with Gasteiger partial charge in [0.2, 0.25) is 5.91 Å². The molecule has 174 valence electrons. The Labute approximate surface area is 200 Å². The molecule has 1 aliphatic rings. The summed E-state index contributed by atoms with van der Waals surface area (Å²) in [5, 5.41) is 7.93. The number of aromatic nitrogens is 3. The van der Waals surface area contributed by atoms with Crippen LogP contribution in [0.15, 0.2) is 60.9 Å². The lowest BCUT2D eigenvalue weighted by atomic mass is 9.95. The molecule has 4 aromatic rings. The predicted octanol–water partition coefficient (Wildman–Crippen LogP) is 4.85. The summed E-state index contributed by atoms with van der Waals surface area (Å²) in [7, 11) is 0. The number of aryl methyl sites for hydroxylation is 3. The second-order valence-corrected chi connectivity index (χ2v) is 9.31. The van der Waals surface area contributed by atoms with Crippen LogP contribution in [0.4, 0.5) is 5.82 Å². The third kappa shape index (κ3) is 4.40. The number of hydrogen-bond donors (Lipinski definition) is 1. The number of piperidine rings is 1. The van der Waals surface area contributed by atoms with Crippen LogP contribution in [0.3, 0.4) is 0 Å². The van der Waals surface area contributed by atoms with Gasteiger partial charge in [-0.1, -0.05) is 36.4 Å². The quantitative estimate of drug-likeness (QED) is 0.469. The van der Waals surface area contributed by atoms with Crippen LogP contribution in [0.1, 0.15) is 35.1 Å². The second kappa shape index (κ2) is 9.29. The van der Waals surface area contributed by atoms with E-state index < -0.39 is 0 Å². The number of rotatable bonds is 5. The number of carbonyl (C=O) groups is 1. The van der Waals surface area contributed by atoms with Crippen molar-refractivity contribution in [2.45, 2.75) is 40.2 Å². The fourth-order valence-corrected chi connectivity index (χ4v) is 4.68. The highest BCUT2D eigenvalue weighted by atomic mass is 16.1. The summed E-state index contributed by atoms with van der Waals surface area (Å²) in [6.07, 6.45) is 5.34. The summed E-state index contributed by atoms with van der Waals surface area (Å²) >= 11 is 0. The van der Waals surface area contributed by atoms with E-state index in [0.29, 0.717) is 6.54 Å². The van der Waals surface area contributed by atoms with Gasteiger partial charge in [0.25, 0.3) is 0 Å². The summed E-state index contributed by atoms with van der Waals surface area (Å²) in [6, 6.07) is 16.8. The van der Waals surface area contributed by atoms with Crippen LogP contribution >= 0.6 is 0 Å². The molecule has 1 amide bonds. The van der Waals surface area contributed by atoms with E-state index in [0.717, 1.165) is 48.5 Å². The number of benzene rings is 2. The summed E-state index contributed by atoms with van der Waals surface area (Å²) in [6.45, 7) is 8.53. The Bertz CT molecular complexity index is 1330. The van der Waals surface area contributed by atoms with Gasteiger partial charge in [-0.15, -0.1) is 0 Å². The largest absolute Gasteiger partial charge is 0.355 e. The van der Waals surface area contributed by atoms with Crippen LogP contribution in [0.2, 0.25) is 0 Å². The van der Waals surface area contributed by atoms with Gasteiger partial charge in [0.05, 0.1) is 5.69 Å². The molecule has 0 saturated carbocycles. The molecule has 6 nitrogen and oxygen atoms in total. The van der Waals surface area contributed by atoms with Gasteiger partial charge in [0.15, 0.2) is 5.82 Å². The van der Waals surface area contributed by atoms with E-state index in [1.54, 1.807) is 6.20 Å². The predicted molar refractivity (Wildman–Crippen MR) is 136 cm³/mol. The lowest BCUT2D eigenvalue weighted by Gasteiger charge is -2.32. The molecular formula is C28H31N5O. The molecule has 0 bridgehead atoms. The van der Waals surface area contributed by atoms with Gasteiger partial charge >= 0.3 is 0 Å². The first-order chi connectivity index (χ1) is 16.5. The zero-order chi connectivity index (χ0) is 23.7. The average molecular weight is 454 g/mol. The molecule has 1 N–H and O–H groups in total. The van der Waals surface area contributed by atoms with Crippen molar-refractivity contribution in [1.29, 1.82) is 0 Å². The minimum absolute atomic E-state index is 0.0380. The summed E-state index contributed by atoms with van der Waals surface area (Å²) in [5.41, 5.74) is 7.97. The van der Waals surface area contributed by atoms with Gasteiger partial charge in [-0.25, -0.2) is 9.50 Å². The molecule has 0 unspecified atom stereocenters. The Balaban J connectivity index is 1.27. The molecule has 0 radical (unpaired) electrons. The van der Waals surface area contributed by atoms with E-state index in [-0.39, 0.29) is 11.8 Å². The zero-order valence-corrected chi connectivity index (χ0v) is 20.1.